The van der Waals surface area contributed by atoms with E-state index in [0.29, 0.717) is 5.52 Å². The van der Waals surface area contributed by atoms with Crippen LogP contribution in [0.1, 0.15) is 23.0 Å². The number of ether oxygens (including phenoxy) is 1. The topological polar surface area (TPSA) is 67.3 Å². The van der Waals surface area contributed by atoms with Crippen LogP contribution < -0.4 is 10.1 Å². The molecular formula is C23H21N3O2. The van der Waals surface area contributed by atoms with Crippen LogP contribution in [0.4, 0.5) is 5.69 Å². The zero-order valence-corrected chi connectivity index (χ0v) is 15.8. The molecule has 0 aliphatic rings. The lowest BCUT2D eigenvalue weighted by molar-refractivity contribution is 0.415. The van der Waals surface area contributed by atoms with Crippen molar-refractivity contribution in [1.82, 2.24) is 9.97 Å². The van der Waals surface area contributed by atoms with Crippen molar-refractivity contribution in [3.63, 3.8) is 0 Å². The molecule has 2 heterocycles. The van der Waals surface area contributed by atoms with Crippen molar-refractivity contribution >= 4 is 16.6 Å². The lowest BCUT2D eigenvalue weighted by Crippen LogP contribution is -2.14. The van der Waals surface area contributed by atoms with Gasteiger partial charge in [0.15, 0.2) is 0 Å². The van der Waals surface area contributed by atoms with Crippen molar-refractivity contribution in [2.24, 2.45) is 0 Å². The summed E-state index contributed by atoms with van der Waals surface area (Å²) in [5.41, 5.74) is 3.88. The summed E-state index contributed by atoms with van der Waals surface area (Å²) in [6.07, 6.45) is 1.75. The van der Waals surface area contributed by atoms with E-state index in [1.54, 1.807) is 13.3 Å². The molecule has 5 nitrogen and oxygen atoms in total. The van der Waals surface area contributed by atoms with Gasteiger partial charge in [0.05, 0.1) is 18.8 Å². The summed E-state index contributed by atoms with van der Waals surface area (Å²) < 4.78 is 5.23. The van der Waals surface area contributed by atoms with Crippen LogP contribution >= 0.6 is 0 Å². The Balaban J connectivity index is 1.81. The van der Waals surface area contributed by atoms with Gasteiger partial charge in [-0.25, -0.2) is 4.98 Å². The molecule has 2 aromatic heterocycles. The van der Waals surface area contributed by atoms with E-state index in [2.05, 4.69) is 15.3 Å². The van der Waals surface area contributed by atoms with Crippen LogP contribution in [0.5, 0.6) is 11.5 Å². The number of hydrogen-bond acceptors (Lipinski definition) is 5. The first kappa shape index (κ1) is 17.8. The van der Waals surface area contributed by atoms with Crippen molar-refractivity contribution in [2.75, 3.05) is 12.4 Å². The molecule has 0 aliphatic carbocycles. The number of phenols is 1. The largest absolute Gasteiger partial charge is 0.505 e. The molecular weight excluding hydrogens is 350 g/mol. The monoisotopic (exact) mass is 371 g/mol. The van der Waals surface area contributed by atoms with E-state index < -0.39 is 0 Å². The molecule has 5 heteroatoms. The van der Waals surface area contributed by atoms with E-state index in [-0.39, 0.29) is 11.8 Å². The van der Waals surface area contributed by atoms with E-state index in [1.807, 2.05) is 73.7 Å². The maximum Gasteiger partial charge on any atom is 0.147 e. The number of methoxy groups -OCH3 is 1. The molecule has 0 amide bonds. The zero-order chi connectivity index (χ0) is 19.5. The van der Waals surface area contributed by atoms with Crippen molar-refractivity contribution in [1.29, 1.82) is 0 Å². The lowest BCUT2D eigenvalue weighted by atomic mass is 9.99. The maximum absolute atomic E-state index is 11.0. The Morgan fingerprint density at radius 3 is 2.46 bits per heavy atom. The van der Waals surface area contributed by atoms with Gasteiger partial charge in [-0.15, -0.1) is 0 Å². The van der Waals surface area contributed by atoms with Gasteiger partial charge in [0, 0.05) is 28.5 Å². The summed E-state index contributed by atoms with van der Waals surface area (Å²) in [6, 6.07) is 20.9. The predicted octanol–water partition coefficient (Wildman–Crippen LogP) is 4.85. The third kappa shape index (κ3) is 3.47. The number of phenolic OH excluding ortho intramolecular Hbond substituents is 1. The fraction of sp³-hybridized carbons (Fsp3) is 0.130. The SMILES string of the molecule is COc1ccc(NC(c2ccccn2)c2ccc3ccc(C)nc3c2O)cc1. The Morgan fingerprint density at radius 1 is 0.964 bits per heavy atom. The Kier molecular flexibility index (Phi) is 4.81. The van der Waals surface area contributed by atoms with Crippen LogP contribution in [0.15, 0.2) is 72.9 Å². The van der Waals surface area contributed by atoms with Gasteiger partial charge in [-0.1, -0.05) is 24.3 Å². The Bertz CT molecular complexity index is 1100. The van der Waals surface area contributed by atoms with Gasteiger partial charge in [-0.3, -0.25) is 4.98 Å². The van der Waals surface area contributed by atoms with E-state index >= 15 is 0 Å². The Hall–Kier alpha value is -3.60. The number of nitrogens with one attached hydrogen (secondary N) is 1. The van der Waals surface area contributed by atoms with E-state index in [4.69, 9.17) is 4.74 Å². The molecule has 4 rings (SSSR count). The molecule has 140 valence electrons. The quantitative estimate of drug-likeness (QED) is 0.525. The predicted molar refractivity (Wildman–Crippen MR) is 111 cm³/mol. The fourth-order valence-electron chi connectivity index (χ4n) is 3.23. The van der Waals surface area contributed by atoms with Gasteiger partial charge >= 0.3 is 0 Å². The molecule has 0 fully saturated rings. The number of aromatic hydroxyl groups is 1. The standard InChI is InChI=1S/C23H21N3O2/c1-15-6-7-16-8-13-19(23(27)21(16)25-15)22(20-5-3-4-14-24-20)26-17-9-11-18(28-2)12-10-17/h3-14,22,26-27H,1-2H3. The third-order valence-electron chi connectivity index (χ3n) is 4.70. The van der Waals surface area contributed by atoms with Crippen LogP contribution in [-0.4, -0.2) is 22.2 Å². The van der Waals surface area contributed by atoms with Gasteiger partial charge in [-0.2, -0.15) is 0 Å². The van der Waals surface area contributed by atoms with Gasteiger partial charge in [0.1, 0.15) is 17.0 Å². The van der Waals surface area contributed by atoms with Crippen molar-refractivity contribution < 1.29 is 9.84 Å². The number of pyridine rings is 2. The number of aryl methyl sites for hydroxylation is 1. The minimum Gasteiger partial charge on any atom is -0.505 e. The number of hydrogen-bond donors (Lipinski definition) is 2. The lowest BCUT2D eigenvalue weighted by Gasteiger charge is -2.22. The number of rotatable bonds is 5. The molecule has 1 atom stereocenters. The van der Waals surface area contributed by atoms with E-state index in [1.165, 1.54) is 0 Å². The van der Waals surface area contributed by atoms with Crippen molar-refractivity contribution in [3.05, 3.63) is 89.9 Å². The molecule has 28 heavy (non-hydrogen) atoms. The number of fused-ring (bicyclic) bond motifs is 1. The van der Waals surface area contributed by atoms with E-state index in [0.717, 1.165) is 33.8 Å². The highest BCUT2D eigenvalue weighted by atomic mass is 16.5. The van der Waals surface area contributed by atoms with Crippen LogP contribution in [0.25, 0.3) is 10.9 Å². The molecule has 1 unspecified atom stereocenters. The summed E-state index contributed by atoms with van der Waals surface area (Å²) in [4.78, 5) is 9.03. The smallest absolute Gasteiger partial charge is 0.147 e. The number of benzene rings is 2. The second-order valence-electron chi connectivity index (χ2n) is 6.59. The maximum atomic E-state index is 11.0. The molecule has 4 aromatic rings. The molecule has 0 saturated heterocycles. The zero-order valence-electron chi connectivity index (χ0n) is 15.8. The summed E-state index contributed by atoms with van der Waals surface area (Å²) in [5.74, 6) is 0.950. The number of anilines is 1. The first-order valence-electron chi connectivity index (χ1n) is 9.06. The summed E-state index contributed by atoms with van der Waals surface area (Å²) in [5, 5.41) is 15.4. The molecule has 2 aromatic carbocycles. The normalized spacial score (nSPS) is 11.9. The molecule has 2 N–H and O–H groups in total. The molecule has 0 saturated carbocycles. The van der Waals surface area contributed by atoms with E-state index in [9.17, 15) is 5.11 Å². The van der Waals surface area contributed by atoms with Crippen molar-refractivity contribution in [3.8, 4) is 11.5 Å². The molecule has 0 spiro atoms. The second kappa shape index (κ2) is 7.56. The minimum absolute atomic E-state index is 0.165. The highest BCUT2D eigenvalue weighted by Crippen LogP contribution is 2.36. The Labute approximate surface area is 163 Å². The Morgan fingerprint density at radius 2 is 1.75 bits per heavy atom. The van der Waals surface area contributed by atoms with Crippen LogP contribution in [0.3, 0.4) is 0 Å². The van der Waals surface area contributed by atoms with Gasteiger partial charge in [-0.05, 0) is 49.4 Å². The van der Waals surface area contributed by atoms with Crippen LogP contribution in [-0.2, 0) is 0 Å². The second-order valence-corrected chi connectivity index (χ2v) is 6.59. The van der Waals surface area contributed by atoms with Gasteiger partial charge < -0.3 is 15.2 Å². The van der Waals surface area contributed by atoms with Gasteiger partial charge in [0.2, 0.25) is 0 Å². The highest BCUT2D eigenvalue weighted by Gasteiger charge is 2.21. The average Bonchev–Trinajstić information content (AvgIpc) is 2.74. The van der Waals surface area contributed by atoms with Gasteiger partial charge in [0.25, 0.3) is 0 Å². The first-order chi connectivity index (χ1) is 13.7. The fourth-order valence-corrected chi connectivity index (χ4v) is 3.23. The molecule has 0 aliphatic heterocycles. The van der Waals surface area contributed by atoms with Crippen molar-refractivity contribution in [2.45, 2.75) is 13.0 Å². The number of aromatic nitrogens is 2. The number of nitrogens with zero attached hydrogens (tertiary/aromatic N) is 2. The molecule has 0 bridgehead atoms. The third-order valence-corrected chi connectivity index (χ3v) is 4.70. The molecule has 0 radical (unpaired) electrons. The minimum atomic E-state index is -0.332. The average molecular weight is 371 g/mol. The highest BCUT2D eigenvalue weighted by molar-refractivity contribution is 5.86. The first-order valence-corrected chi connectivity index (χ1v) is 9.06. The summed E-state index contributed by atoms with van der Waals surface area (Å²) in [6.45, 7) is 1.91. The summed E-state index contributed by atoms with van der Waals surface area (Å²) in [7, 11) is 1.64. The van der Waals surface area contributed by atoms with Crippen LogP contribution in [0, 0.1) is 6.92 Å². The van der Waals surface area contributed by atoms with Crippen LogP contribution in [0.2, 0.25) is 0 Å². The summed E-state index contributed by atoms with van der Waals surface area (Å²) >= 11 is 0.